The molecule has 0 bridgehead atoms. The Bertz CT molecular complexity index is 190. The molecule has 0 aliphatic heterocycles. The second-order valence-corrected chi connectivity index (χ2v) is 9.77. The van der Waals surface area contributed by atoms with Crippen LogP contribution in [0.5, 0.6) is 0 Å². The van der Waals surface area contributed by atoms with Gasteiger partial charge in [0.15, 0.2) is 0 Å². The topological polar surface area (TPSA) is 17.1 Å². The highest BCUT2D eigenvalue weighted by Gasteiger charge is 2.14. The van der Waals surface area contributed by atoms with E-state index in [1.54, 1.807) is 0 Å². The van der Waals surface area contributed by atoms with E-state index in [0.717, 1.165) is 12.8 Å². The third-order valence-corrected chi connectivity index (χ3v) is 5.43. The van der Waals surface area contributed by atoms with Gasteiger partial charge in [0.1, 0.15) is 0 Å². The van der Waals surface area contributed by atoms with Gasteiger partial charge in [0.05, 0.1) is 8.07 Å². The van der Waals surface area contributed by atoms with Gasteiger partial charge in [-0.15, -0.1) is 12.3 Å². The fourth-order valence-corrected chi connectivity index (χ4v) is 2.80. The molecule has 0 atom stereocenters. The van der Waals surface area contributed by atoms with Crippen LogP contribution in [0.15, 0.2) is 12.3 Å². The third kappa shape index (κ3) is 8.51. The molecule has 82 valence electrons. The van der Waals surface area contributed by atoms with Gasteiger partial charge in [-0.05, 0) is 18.0 Å². The minimum atomic E-state index is -1.09. The van der Waals surface area contributed by atoms with Gasteiger partial charge in [-0.1, -0.05) is 38.4 Å². The zero-order valence-corrected chi connectivity index (χ0v) is 11.1. The van der Waals surface area contributed by atoms with Gasteiger partial charge in [0.2, 0.25) is 5.24 Å². The minimum Gasteiger partial charge on any atom is -0.281 e. The summed E-state index contributed by atoms with van der Waals surface area (Å²) in [6.07, 6.45) is 5.08. The minimum absolute atomic E-state index is 0.203. The number of unbranched alkanes of at least 4 members (excludes halogenated alkanes) is 3. The summed E-state index contributed by atoms with van der Waals surface area (Å²) in [6, 6.07) is 1.31. The van der Waals surface area contributed by atoms with Crippen LogP contribution in [0.25, 0.3) is 0 Å². The summed E-state index contributed by atoms with van der Waals surface area (Å²) in [6.45, 7) is 8.54. The van der Waals surface area contributed by atoms with Crippen LogP contribution in [0.2, 0.25) is 19.1 Å². The lowest BCUT2D eigenvalue weighted by Gasteiger charge is -2.16. The van der Waals surface area contributed by atoms with E-state index < -0.39 is 8.07 Å². The molecule has 0 amide bonds. The summed E-state index contributed by atoms with van der Waals surface area (Å²) < 4.78 is 0. The monoisotopic (exact) mass is 232 g/mol. The van der Waals surface area contributed by atoms with Crippen molar-refractivity contribution in [2.24, 2.45) is 0 Å². The summed E-state index contributed by atoms with van der Waals surface area (Å²) >= 11 is 5.24. The van der Waals surface area contributed by atoms with Gasteiger partial charge < -0.3 is 0 Å². The molecule has 0 radical (unpaired) electrons. The van der Waals surface area contributed by atoms with Crippen molar-refractivity contribution in [2.75, 3.05) is 0 Å². The van der Waals surface area contributed by atoms with Gasteiger partial charge >= 0.3 is 0 Å². The fraction of sp³-hybridized carbons (Fsp3) is 0.727. The molecule has 0 heterocycles. The molecule has 0 N–H and O–H groups in total. The van der Waals surface area contributed by atoms with Gasteiger partial charge in [-0.25, -0.2) is 0 Å². The summed E-state index contributed by atoms with van der Waals surface area (Å²) in [5, 5.41) is -0.203. The van der Waals surface area contributed by atoms with E-state index >= 15 is 0 Å². The van der Waals surface area contributed by atoms with E-state index in [9.17, 15) is 4.79 Å². The molecule has 3 heteroatoms. The highest BCUT2D eigenvalue weighted by Crippen LogP contribution is 2.16. The molecule has 0 aromatic heterocycles. The van der Waals surface area contributed by atoms with Crippen LogP contribution in [-0.2, 0) is 4.79 Å². The standard InChI is InChI=1S/C11H21ClOSi/c1-4-14(2,3)10-8-6-5-7-9-11(12)13/h4H,1,5-10H2,2-3H3. The molecule has 0 unspecified atom stereocenters. The van der Waals surface area contributed by atoms with Crippen molar-refractivity contribution in [3.63, 3.8) is 0 Å². The molecule has 1 nitrogen and oxygen atoms in total. The zero-order valence-electron chi connectivity index (χ0n) is 9.31. The smallest absolute Gasteiger partial charge is 0.221 e. The van der Waals surface area contributed by atoms with Crippen molar-refractivity contribution < 1.29 is 4.79 Å². The van der Waals surface area contributed by atoms with Crippen molar-refractivity contribution in [3.8, 4) is 0 Å². The number of hydrogen-bond acceptors (Lipinski definition) is 1. The van der Waals surface area contributed by atoms with E-state index in [4.69, 9.17) is 11.6 Å². The molecule has 0 aromatic carbocycles. The first-order valence-corrected chi connectivity index (χ1v) is 8.96. The molecule has 0 spiro atoms. The first kappa shape index (κ1) is 13.9. The molecular formula is C11H21ClOSi. The van der Waals surface area contributed by atoms with Crippen molar-refractivity contribution in [1.29, 1.82) is 0 Å². The second-order valence-electron chi connectivity index (χ2n) is 4.46. The molecule has 0 saturated heterocycles. The van der Waals surface area contributed by atoms with Crippen LogP contribution in [-0.4, -0.2) is 13.3 Å². The summed E-state index contributed by atoms with van der Waals surface area (Å²) in [4.78, 5) is 10.4. The number of carbonyl (C=O) groups is 1. The molecule has 0 rings (SSSR count). The van der Waals surface area contributed by atoms with Crippen molar-refractivity contribution in [3.05, 3.63) is 12.3 Å². The van der Waals surface area contributed by atoms with E-state index in [-0.39, 0.29) is 5.24 Å². The van der Waals surface area contributed by atoms with Gasteiger partial charge in [-0.3, -0.25) is 4.79 Å². The molecule has 0 aliphatic rings. The van der Waals surface area contributed by atoms with Crippen LogP contribution < -0.4 is 0 Å². The highest BCUT2D eigenvalue weighted by molar-refractivity contribution is 6.82. The number of halogens is 1. The summed E-state index contributed by atoms with van der Waals surface area (Å²) in [7, 11) is -1.09. The van der Waals surface area contributed by atoms with Crippen molar-refractivity contribution in [2.45, 2.75) is 51.2 Å². The molecule has 0 aromatic rings. The number of rotatable bonds is 8. The average Bonchev–Trinajstić information content (AvgIpc) is 2.10. The largest absolute Gasteiger partial charge is 0.281 e. The maximum absolute atomic E-state index is 10.4. The van der Waals surface area contributed by atoms with Crippen LogP contribution in [0.1, 0.15) is 32.1 Å². The van der Waals surface area contributed by atoms with Crippen LogP contribution >= 0.6 is 11.6 Å². The van der Waals surface area contributed by atoms with E-state index in [0.29, 0.717) is 6.42 Å². The van der Waals surface area contributed by atoms with Crippen LogP contribution in [0.3, 0.4) is 0 Å². The Balaban J connectivity index is 3.30. The first-order chi connectivity index (χ1) is 6.48. The SMILES string of the molecule is C=C[Si](C)(C)CCCCCCC(=O)Cl. The molecular weight excluding hydrogens is 212 g/mol. The number of hydrogen-bond donors (Lipinski definition) is 0. The average molecular weight is 233 g/mol. The Morgan fingerprint density at radius 2 is 1.86 bits per heavy atom. The Kier molecular flexibility index (Phi) is 7.20. The van der Waals surface area contributed by atoms with Gasteiger partial charge in [0.25, 0.3) is 0 Å². The predicted octanol–water partition coefficient (Wildman–Crippen LogP) is 4.14. The van der Waals surface area contributed by atoms with Gasteiger partial charge in [-0.2, -0.15) is 0 Å². The Morgan fingerprint density at radius 3 is 2.36 bits per heavy atom. The van der Waals surface area contributed by atoms with E-state index in [2.05, 4.69) is 25.4 Å². The predicted molar refractivity (Wildman–Crippen MR) is 66.4 cm³/mol. The maximum atomic E-state index is 10.4. The highest BCUT2D eigenvalue weighted by atomic mass is 35.5. The van der Waals surface area contributed by atoms with E-state index in [1.165, 1.54) is 18.9 Å². The Morgan fingerprint density at radius 1 is 1.29 bits per heavy atom. The Labute approximate surface area is 93.5 Å². The van der Waals surface area contributed by atoms with Crippen LogP contribution in [0, 0.1) is 0 Å². The summed E-state index contributed by atoms with van der Waals surface area (Å²) in [5.41, 5.74) is 2.15. The van der Waals surface area contributed by atoms with Crippen molar-refractivity contribution >= 4 is 24.9 Å². The molecule has 0 fully saturated rings. The fourth-order valence-electron chi connectivity index (χ4n) is 1.30. The van der Waals surface area contributed by atoms with Crippen molar-refractivity contribution in [1.82, 2.24) is 0 Å². The lowest BCUT2D eigenvalue weighted by Crippen LogP contribution is -2.21. The lowest BCUT2D eigenvalue weighted by molar-refractivity contribution is -0.111. The van der Waals surface area contributed by atoms with Crippen LogP contribution in [0.4, 0.5) is 0 Å². The van der Waals surface area contributed by atoms with E-state index in [1.807, 2.05) is 0 Å². The molecule has 14 heavy (non-hydrogen) atoms. The normalized spacial score (nSPS) is 11.4. The number of carbonyl (C=O) groups excluding carboxylic acids is 1. The lowest BCUT2D eigenvalue weighted by atomic mass is 10.2. The quantitative estimate of drug-likeness (QED) is 0.349. The Hall–Kier alpha value is -0.0831. The first-order valence-electron chi connectivity index (χ1n) is 5.30. The molecule has 0 aliphatic carbocycles. The third-order valence-electron chi connectivity index (χ3n) is 2.50. The summed E-state index contributed by atoms with van der Waals surface area (Å²) in [5.74, 6) is 0. The van der Waals surface area contributed by atoms with Gasteiger partial charge in [0, 0.05) is 6.42 Å². The zero-order chi connectivity index (χ0) is 11.0. The second kappa shape index (κ2) is 7.24. The maximum Gasteiger partial charge on any atom is 0.221 e. The molecule has 0 saturated carbocycles.